The second-order valence-electron chi connectivity index (χ2n) is 14.7. The first-order valence-electron chi connectivity index (χ1n) is 18.5. The van der Waals surface area contributed by atoms with E-state index < -0.39 is 0 Å². The van der Waals surface area contributed by atoms with Crippen molar-refractivity contribution in [1.29, 1.82) is 0 Å². The molecule has 3 nitrogen and oxygen atoms in total. The van der Waals surface area contributed by atoms with E-state index in [4.69, 9.17) is 14.2 Å². The van der Waals surface area contributed by atoms with Crippen LogP contribution in [0, 0.1) is 10.8 Å². The Bertz CT molecular complexity index is 1760. The zero-order valence-electron chi connectivity index (χ0n) is 30.8. The standard InChI is InChI=1S/C48H46Br4O3/c49-43-19-11-37(12-20-43)27-47(28-38-13-21-44(50)22-14-38,33-53-31-41-7-3-1-4-8-41)35-55-36-48(29-39-15-23-45(51)24-16-39,30-40-17-25-46(52)26-18-40)34-54-32-42-9-5-2-6-10-42/h1-26H,27-36H2. The molecule has 0 unspecified atom stereocenters. The third-order valence-corrected chi connectivity index (χ3v) is 11.9. The Morgan fingerprint density at radius 1 is 0.291 bits per heavy atom. The zero-order valence-corrected chi connectivity index (χ0v) is 37.2. The van der Waals surface area contributed by atoms with E-state index in [9.17, 15) is 0 Å². The Hall–Kier alpha value is -2.88. The Morgan fingerprint density at radius 3 is 0.818 bits per heavy atom. The average molecular weight is 991 g/mol. The predicted molar refractivity (Wildman–Crippen MR) is 239 cm³/mol. The lowest BCUT2D eigenvalue weighted by Gasteiger charge is -2.38. The second-order valence-corrected chi connectivity index (χ2v) is 18.3. The summed E-state index contributed by atoms with van der Waals surface area (Å²) in [4.78, 5) is 0. The maximum Gasteiger partial charge on any atom is 0.0717 e. The van der Waals surface area contributed by atoms with E-state index in [2.05, 4.69) is 209 Å². The molecule has 7 heteroatoms. The highest BCUT2D eigenvalue weighted by atomic mass is 79.9. The SMILES string of the molecule is Brc1ccc(CC(COCc2ccccc2)(COCC(COCc2ccccc2)(Cc2ccc(Br)cc2)Cc2ccc(Br)cc2)Cc2ccc(Br)cc2)cc1. The molecule has 6 aromatic carbocycles. The summed E-state index contributed by atoms with van der Waals surface area (Å²) in [5.74, 6) is 0. The number of halogens is 4. The predicted octanol–water partition coefficient (Wildman–Crippen LogP) is 13.4. The molecule has 0 aliphatic carbocycles. The van der Waals surface area contributed by atoms with Crippen LogP contribution in [0.5, 0.6) is 0 Å². The summed E-state index contributed by atoms with van der Waals surface area (Å²) < 4.78 is 24.7. The topological polar surface area (TPSA) is 27.7 Å². The maximum absolute atomic E-state index is 7.16. The average Bonchev–Trinajstić information content (AvgIpc) is 3.19. The molecule has 0 radical (unpaired) electrons. The van der Waals surface area contributed by atoms with Crippen molar-refractivity contribution in [3.05, 3.63) is 209 Å². The van der Waals surface area contributed by atoms with E-state index in [1.165, 1.54) is 22.3 Å². The number of benzene rings is 6. The van der Waals surface area contributed by atoms with Crippen LogP contribution in [-0.4, -0.2) is 26.4 Å². The molecule has 284 valence electrons. The van der Waals surface area contributed by atoms with Crippen LogP contribution in [0.4, 0.5) is 0 Å². The smallest absolute Gasteiger partial charge is 0.0717 e. The first-order valence-corrected chi connectivity index (χ1v) is 21.7. The molecular formula is C48H46Br4O3. The summed E-state index contributed by atoms with van der Waals surface area (Å²) in [6.45, 7) is 3.15. The number of hydrogen-bond donors (Lipinski definition) is 0. The fourth-order valence-electron chi connectivity index (χ4n) is 7.16. The van der Waals surface area contributed by atoms with Gasteiger partial charge in [-0.15, -0.1) is 0 Å². The molecule has 0 N–H and O–H groups in total. The van der Waals surface area contributed by atoms with E-state index in [0.29, 0.717) is 39.6 Å². The number of rotatable bonds is 20. The van der Waals surface area contributed by atoms with Crippen molar-refractivity contribution in [3.8, 4) is 0 Å². The summed E-state index contributed by atoms with van der Waals surface area (Å²) in [5.41, 5.74) is 6.57. The van der Waals surface area contributed by atoms with Crippen molar-refractivity contribution in [2.75, 3.05) is 26.4 Å². The molecule has 0 amide bonds. The van der Waals surface area contributed by atoms with Crippen LogP contribution in [0.1, 0.15) is 33.4 Å². The van der Waals surface area contributed by atoms with Crippen LogP contribution in [0.3, 0.4) is 0 Å². The molecule has 55 heavy (non-hydrogen) atoms. The Morgan fingerprint density at radius 2 is 0.545 bits per heavy atom. The van der Waals surface area contributed by atoms with E-state index in [1.54, 1.807) is 0 Å². The van der Waals surface area contributed by atoms with Gasteiger partial charge in [0.2, 0.25) is 0 Å². The van der Waals surface area contributed by atoms with Crippen molar-refractivity contribution >= 4 is 63.7 Å². The van der Waals surface area contributed by atoms with Crippen molar-refractivity contribution < 1.29 is 14.2 Å². The highest BCUT2D eigenvalue weighted by molar-refractivity contribution is 9.11. The summed E-state index contributed by atoms with van der Waals surface area (Å²) >= 11 is 14.6. The van der Waals surface area contributed by atoms with E-state index in [0.717, 1.165) is 54.7 Å². The minimum atomic E-state index is -0.359. The fourth-order valence-corrected chi connectivity index (χ4v) is 8.22. The van der Waals surface area contributed by atoms with Gasteiger partial charge in [-0.05, 0) is 108 Å². The van der Waals surface area contributed by atoms with Gasteiger partial charge in [0.15, 0.2) is 0 Å². The van der Waals surface area contributed by atoms with Gasteiger partial charge in [-0.25, -0.2) is 0 Å². The van der Waals surface area contributed by atoms with Gasteiger partial charge in [0.25, 0.3) is 0 Å². The van der Waals surface area contributed by atoms with Gasteiger partial charge in [-0.2, -0.15) is 0 Å². The lowest BCUT2D eigenvalue weighted by Crippen LogP contribution is -2.41. The van der Waals surface area contributed by atoms with Gasteiger partial charge < -0.3 is 14.2 Å². The number of hydrogen-bond acceptors (Lipinski definition) is 3. The van der Waals surface area contributed by atoms with Gasteiger partial charge in [0, 0.05) is 28.7 Å². The third-order valence-electron chi connectivity index (χ3n) is 9.83. The minimum Gasteiger partial charge on any atom is -0.380 e. The highest BCUT2D eigenvalue weighted by Crippen LogP contribution is 2.35. The van der Waals surface area contributed by atoms with E-state index >= 15 is 0 Å². The van der Waals surface area contributed by atoms with Crippen LogP contribution >= 0.6 is 63.7 Å². The van der Waals surface area contributed by atoms with Crippen LogP contribution in [-0.2, 0) is 53.1 Å². The molecule has 0 fully saturated rings. The summed E-state index contributed by atoms with van der Waals surface area (Å²) in [6.07, 6.45) is 3.17. The van der Waals surface area contributed by atoms with E-state index in [1.807, 2.05) is 12.1 Å². The molecule has 0 atom stereocenters. The van der Waals surface area contributed by atoms with Crippen LogP contribution in [0.2, 0.25) is 0 Å². The quantitative estimate of drug-likeness (QED) is 0.0763. The third kappa shape index (κ3) is 13.6. The van der Waals surface area contributed by atoms with Crippen LogP contribution < -0.4 is 0 Å². The van der Waals surface area contributed by atoms with Crippen LogP contribution in [0.25, 0.3) is 0 Å². The largest absolute Gasteiger partial charge is 0.380 e. The van der Waals surface area contributed by atoms with Gasteiger partial charge in [-0.1, -0.05) is 173 Å². The van der Waals surface area contributed by atoms with Gasteiger partial charge >= 0.3 is 0 Å². The van der Waals surface area contributed by atoms with Gasteiger partial charge in [-0.3, -0.25) is 0 Å². The fraction of sp³-hybridized carbons (Fsp3) is 0.250. The van der Waals surface area contributed by atoms with E-state index in [-0.39, 0.29) is 10.8 Å². The minimum absolute atomic E-state index is 0.359. The molecule has 0 aromatic heterocycles. The zero-order chi connectivity index (χ0) is 38.4. The second kappa shape index (κ2) is 21.0. The van der Waals surface area contributed by atoms with Crippen molar-refractivity contribution in [1.82, 2.24) is 0 Å². The van der Waals surface area contributed by atoms with Crippen molar-refractivity contribution in [2.45, 2.75) is 38.9 Å². The molecule has 0 saturated carbocycles. The highest BCUT2D eigenvalue weighted by Gasteiger charge is 2.36. The first kappa shape index (κ1) is 41.7. The molecule has 6 aromatic rings. The Kier molecular flexibility index (Phi) is 16.0. The molecule has 0 aliphatic heterocycles. The monoisotopic (exact) mass is 986 g/mol. The normalized spacial score (nSPS) is 11.9. The molecular weight excluding hydrogens is 944 g/mol. The Labute approximate surface area is 360 Å². The molecule has 0 aliphatic rings. The molecule has 0 bridgehead atoms. The van der Waals surface area contributed by atoms with Crippen LogP contribution in [0.15, 0.2) is 176 Å². The van der Waals surface area contributed by atoms with Crippen molar-refractivity contribution in [3.63, 3.8) is 0 Å². The molecule has 0 spiro atoms. The maximum atomic E-state index is 7.16. The lowest BCUT2D eigenvalue weighted by atomic mass is 9.76. The summed E-state index contributed by atoms with van der Waals surface area (Å²) in [6, 6.07) is 55.5. The summed E-state index contributed by atoms with van der Waals surface area (Å²) in [7, 11) is 0. The molecule has 6 rings (SSSR count). The first-order chi connectivity index (χ1) is 26.8. The lowest BCUT2D eigenvalue weighted by molar-refractivity contribution is -0.0715. The van der Waals surface area contributed by atoms with Gasteiger partial charge in [0.1, 0.15) is 0 Å². The summed E-state index contributed by atoms with van der Waals surface area (Å²) in [5, 5.41) is 0. The van der Waals surface area contributed by atoms with Gasteiger partial charge in [0.05, 0.1) is 39.6 Å². The molecule has 0 heterocycles. The van der Waals surface area contributed by atoms with Crippen molar-refractivity contribution in [2.24, 2.45) is 10.8 Å². The Balaban J connectivity index is 1.33. The number of ether oxygens (including phenoxy) is 3. The molecule has 0 saturated heterocycles.